The van der Waals surface area contributed by atoms with E-state index in [4.69, 9.17) is 15.2 Å². The van der Waals surface area contributed by atoms with Crippen molar-refractivity contribution in [3.63, 3.8) is 0 Å². The Labute approximate surface area is 105 Å². The number of hydrogen-bond acceptors (Lipinski definition) is 4. The molecule has 2 aromatic rings. The van der Waals surface area contributed by atoms with E-state index in [1.807, 2.05) is 35.7 Å². The third-order valence-corrected chi connectivity index (χ3v) is 3.08. The Morgan fingerprint density at radius 1 is 1.06 bits per heavy atom. The van der Waals surface area contributed by atoms with Gasteiger partial charge in [-0.05, 0) is 23.6 Å². The second kappa shape index (κ2) is 6.27. The van der Waals surface area contributed by atoms with Crippen molar-refractivity contribution in [3.8, 4) is 5.75 Å². The Morgan fingerprint density at radius 3 is 2.71 bits per heavy atom. The fourth-order valence-corrected chi connectivity index (χ4v) is 2.03. The van der Waals surface area contributed by atoms with Crippen LogP contribution < -0.4 is 10.5 Å². The molecule has 0 radical (unpaired) electrons. The van der Waals surface area contributed by atoms with Crippen LogP contribution in [0.3, 0.4) is 0 Å². The summed E-state index contributed by atoms with van der Waals surface area (Å²) >= 11 is 1.69. The number of nitrogen functional groups attached to an aromatic ring is 1. The molecule has 0 aliphatic heterocycles. The third-order valence-electron chi connectivity index (χ3n) is 2.23. The van der Waals surface area contributed by atoms with Crippen LogP contribution in [0.4, 0.5) is 5.69 Å². The Bertz CT molecular complexity index is 442. The van der Waals surface area contributed by atoms with Gasteiger partial charge in [-0.25, -0.2) is 0 Å². The number of ether oxygens (including phenoxy) is 2. The Morgan fingerprint density at radius 2 is 1.94 bits per heavy atom. The van der Waals surface area contributed by atoms with Gasteiger partial charge in [0.1, 0.15) is 12.4 Å². The Kier molecular flexibility index (Phi) is 4.41. The highest BCUT2D eigenvalue weighted by Gasteiger charge is 1.98. The second-order valence-electron chi connectivity index (χ2n) is 3.52. The van der Waals surface area contributed by atoms with Crippen molar-refractivity contribution in [2.45, 2.75) is 6.61 Å². The van der Waals surface area contributed by atoms with Gasteiger partial charge in [-0.2, -0.15) is 0 Å². The zero-order chi connectivity index (χ0) is 11.9. The normalized spacial score (nSPS) is 10.4. The molecule has 0 aliphatic carbocycles. The van der Waals surface area contributed by atoms with Crippen LogP contribution in [0.2, 0.25) is 0 Å². The largest absolute Gasteiger partial charge is 0.489 e. The summed E-state index contributed by atoms with van der Waals surface area (Å²) in [6.45, 7) is 1.72. The monoisotopic (exact) mass is 249 g/mol. The van der Waals surface area contributed by atoms with Crippen LogP contribution in [0.1, 0.15) is 4.88 Å². The first-order valence-corrected chi connectivity index (χ1v) is 6.31. The van der Waals surface area contributed by atoms with Gasteiger partial charge >= 0.3 is 0 Å². The third kappa shape index (κ3) is 3.76. The molecule has 0 unspecified atom stereocenters. The molecule has 2 rings (SSSR count). The van der Waals surface area contributed by atoms with E-state index in [0.717, 1.165) is 0 Å². The number of nitrogens with two attached hydrogens (primary N) is 1. The first kappa shape index (κ1) is 12.0. The molecule has 0 saturated heterocycles. The molecule has 1 aromatic carbocycles. The smallest absolute Gasteiger partial charge is 0.142 e. The molecule has 2 N–H and O–H groups in total. The minimum Gasteiger partial charge on any atom is -0.489 e. The lowest BCUT2D eigenvalue weighted by Crippen LogP contribution is -2.07. The lowest BCUT2D eigenvalue weighted by atomic mass is 10.3. The molecule has 17 heavy (non-hydrogen) atoms. The van der Waals surface area contributed by atoms with Crippen LogP contribution in [0.15, 0.2) is 41.8 Å². The van der Waals surface area contributed by atoms with E-state index in [2.05, 4.69) is 6.07 Å². The fourth-order valence-electron chi connectivity index (χ4n) is 1.39. The number of hydrogen-bond donors (Lipinski definition) is 1. The molecular weight excluding hydrogens is 234 g/mol. The first-order chi connectivity index (χ1) is 8.36. The highest BCUT2D eigenvalue weighted by Crippen LogP contribution is 2.19. The molecule has 0 amide bonds. The van der Waals surface area contributed by atoms with Crippen molar-refractivity contribution in [1.29, 1.82) is 0 Å². The van der Waals surface area contributed by atoms with Gasteiger partial charge in [0.05, 0.1) is 18.9 Å². The Hall–Kier alpha value is -1.52. The molecule has 1 heterocycles. The molecule has 0 fully saturated rings. The van der Waals surface area contributed by atoms with Crippen LogP contribution in [0, 0.1) is 0 Å². The SMILES string of the molecule is Nc1ccccc1OCCOCc1cccs1. The molecule has 0 atom stereocenters. The average Bonchev–Trinajstić information content (AvgIpc) is 2.84. The van der Waals surface area contributed by atoms with E-state index in [-0.39, 0.29) is 0 Å². The van der Waals surface area contributed by atoms with Crippen molar-refractivity contribution >= 4 is 17.0 Å². The molecule has 0 aliphatic rings. The predicted octanol–water partition coefficient (Wildman–Crippen LogP) is 2.93. The zero-order valence-electron chi connectivity index (χ0n) is 9.46. The number of benzene rings is 1. The van der Waals surface area contributed by atoms with Crippen molar-refractivity contribution in [2.75, 3.05) is 18.9 Å². The maximum Gasteiger partial charge on any atom is 0.142 e. The lowest BCUT2D eigenvalue weighted by molar-refractivity contribution is 0.0907. The van der Waals surface area contributed by atoms with Crippen LogP contribution in [0.25, 0.3) is 0 Å². The van der Waals surface area contributed by atoms with E-state index in [0.29, 0.717) is 31.3 Å². The average molecular weight is 249 g/mol. The van der Waals surface area contributed by atoms with Crippen LogP contribution >= 0.6 is 11.3 Å². The van der Waals surface area contributed by atoms with E-state index in [1.54, 1.807) is 11.3 Å². The van der Waals surface area contributed by atoms with Gasteiger partial charge in [-0.3, -0.25) is 0 Å². The van der Waals surface area contributed by atoms with E-state index < -0.39 is 0 Å². The molecular formula is C13H15NO2S. The van der Waals surface area contributed by atoms with Crippen LogP contribution in [-0.4, -0.2) is 13.2 Å². The Balaban J connectivity index is 1.65. The van der Waals surface area contributed by atoms with Gasteiger partial charge in [0.2, 0.25) is 0 Å². The predicted molar refractivity (Wildman–Crippen MR) is 70.3 cm³/mol. The van der Waals surface area contributed by atoms with Crippen molar-refractivity contribution in [2.24, 2.45) is 0 Å². The summed E-state index contributed by atoms with van der Waals surface area (Å²) in [6.07, 6.45) is 0. The van der Waals surface area contributed by atoms with E-state index in [1.165, 1.54) is 4.88 Å². The molecule has 0 saturated carbocycles. The fraction of sp³-hybridized carbons (Fsp3) is 0.231. The minimum atomic E-state index is 0.513. The lowest BCUT2D eigenvalue weighted by Gasteiger charge is -2.08. The molecule has 0 bridgehead atoms. The highest BCUT2D eigenvalue weighted by molar-refractivity contribution is 7.09. The number of para-hydroxylation sites is 2. The molecule has 3 nitrogen and oxygen atoms in total. The summed E-state index contributed by atoms with van der Waals surface area (Å²) in [5.74, 6) is 0.715. The minimum absolute atomic E-state index is 0.513. The summed E-state index contributed by atoms with van der Waals surface area (Å²) in [5.41, 5.74) is 6.41. The van der Waals surface area contributed by atoms with Gasteiger partial charge in [-0.15, -0.1) is 11.3 Å². The summed E-state index contributed by atoms with van der Waals surface area (Å²) in [5, 5.41) is 2.04. The van der Waals surface area contributed by atoms with Crippen molar-refractivity contribution in [3.05, 3.63) is 46.7 Å². The molecule has 4 heteroatoms. The van der Waals surface area contributed by atoms with E-state index in [9.17, 15) is 0 Å². The maximum absolute atomic E-state index is 5.75. The van der Waals surface area contributed by atoms with Crippen LogP contribution in [0.5, 0.6) is 5.75 Å². The van der Waals surface area contributed by atoms with E-state index >= 15 is 0 Å². The maximum atomic E-state index is 5.75. The molecule has 1 aromatic heterocycles. The summed E-state index contributed by atoms with van der Waals surface area (Å²) in [6, 6.07) is 11.5. The van der Waals surface area contributed by atoms with Gasteiger partial charge < -0.3 is 15.2 Å². The standard InChI is InChI=1S/C13H15NO2S/c14-12-5-1-2-6-13(12)16-8-7-15-10-11-4-3-9-17-11/h1-6,9H,7-8,10,14H2. The second-order valence-corrected chi connectivity index (χ2v) is 4.55. The molecule has 0 spiro atoms. The first-order valence-electron chi connectivity index (χ1n) is 5.43. The quantitative estimate of drug-likeness (QED) is 0.632. The zero-order valence-corrected chi connectivity index (χ0v) is 10.3. The number of anilines is 1. The summed E-state index contributed by atoms with van der Waals surface area (Å²) < 4.78 is 11.0. The van der Waals surface area contributed by atoms with Crippen LogP contribution in [-0.2, 0) is 11.3 Å². The number of thiophene rings is 1. The van der Waals surface area contributed by atoms with Crippen molar-refractivity contribution < 1.29 is 9.47 Å². The summed E-state index contributed by atoms with van der Waals surface area (Å²) in [7, 11) is 0. The van der Waals surface area contributed by atoms with Crippen molar-refractivity contribution in [1.82, 2.24) is 0 Å². The molecule has 90 valence electrons. The highest BCUT2D eigenvalue weighted by atomic mass is 32.1. The van der Waals surface area contributed by atoms with Gasteiger partial charge in [0.25, 0.3) is 0 Å². The topological polar surface area (TPSA) is 44.5 Å². The summed E-state index contributed by atoms with van der Waals surface area (Å²) in [4.78, 5) is 1.23. The van der Waals surface area contributed by atoms with Gasteiger partial charge in [0, 0.05) is 4.88 Å². The van der Waals surface area contributed by atoms with Gasteiger partial charge in [-0.1, -0.05) is 18.2 Å². The van der Waals surface area contributed by atoms with Gasteiger partial charge in [0.15, 0.2) is 0 Å². The number of rotatable bonds is 6.